The maximum absolute atomic E-state index is 2.58. The molecule has 1 fully saturated rings. The lowest BCUT2D eigenvalue weighted by molar-refractivity contribution is 0.179. The zero-order valence-electron chi connectivity index (χ0n) is 13.5. The van der Waals surface area contributed by atoms with Crippen LogP contribution in [0.2, 0.25) is 0 Å². The van der Waals surface area contributed by atoms with Gasteiger partial charge in [0.05, 0.1) is 0 Å². The van der Waals surface area contributed by atoms with Crippen LogP contribution in [-0.4, -0.2) is 10.9 Å². The van der Waals surface area contributed by atoms with Crippen LogP contribution >= 0.6 is 0 Å². The van der Waals surface area contributed by atoms with Crippen LogP contribution in [0.15, 0.2) is 73.1 Å². The van der Waals surface area contributed by atoms with E-state index in [0.29, 0.717) is 6.04 Å². The molecule has 0 saturated heterocycles. The summed E-state index contributed by atoms with van der Waals surface area (Å²) in [6.07, 6.45) is 11.6. The van der Waals surface area contributed by atoms with Crippen molar-refractivity contribution in [1.29, 1.82) is 0 Å². The number of rotatable bonds is 3. The van der Waals surface area contributed by atoms with Crippen molar-refractivity contribution in [2.24, 2.45) is 0 Å². The van der Waals surface area contributed by atoms with Crippen LogP contribution < -0.4 is 4.90 Å². The van der Waals surface area contributed by atoms with E-state index < -0.39 is 0 Å². The maximum atomic E-state index is 2.58. The predicted molar refractivity (Wildman–Crippen MR) is 96.0 cm³/mol. The van der Waals surface area contributed by atoms with Crippen LogP contribution in [0.3, 0.4) is 0 Å². The molecule has 2 aromatic rings. The minimum Gasteiger partial charge on any atom is -0.349 e. The molecule has 1 atom stereocenters. The first-order valence-electron chi connectivity index (χ1n) is 8.77. The number of anilines is 1. The molecule has 0 radical (unpaired) electrons. The number of hydrogen-bond acceptors (Lipinski definition) is 2. The van der Waals surface area contributed by atoms with Gasteiger partial charge in [-0.3, -0.25) is 0 Å². The van der Waals surface area contributed by atoms with E-state index in [4.69, 9.17) is 0 Å². The predicted octanol–water partition coefficient (Wildman–Crippen LogP) is 5.31. The Labute approximate surface area is 139 Å². The van der Waals surface area contributed by atoms with Crippen molar-refractivity contribution in [3.8, 4) is 0 Å². The quantitative estimate of drug-likeness (QED) is 0.758. The Kier molecular flexibility index (Phi) is 4.06. The van der Waals surface area contributed by atoms with Gasteiger partial charge in [0, 0.05) is 24.1 Å². The summed E-state index contributed by atoms with van der Waals surface area (Å²) in [4.78, 5) is 4.99. The third-order valence-corrected chi connectivity index (χ3v) is 5.09. The second-order valence-corrected chi connectivity index (χ2v) is 6.56. The Balaban J connectivity index is 1.68. The highest BCUT2D eigenvalue weighted by Crippen LogP contribution is 2.39. The second kappa shape index (κ2) is 6.49. The third-order valence-electron chi connectivity index (χ3n) is 5.09. The van der Waals surface area contributed by atoms with E-state index in [-0.39, 0.29) is 6.17 Å². The molecule has 118 valence electrons. The molecule has 0 N–H and O–H groups in total. The van der Waals surface area contributed by atoms with E-state index in [1.54, 1.807) is 0 Å². The van der Waals surface area contributed by atoms with Crippen LogP contribution in [0.1, 0.15) is 43.8 Å². The molecule has 2 heteroatoms. The summed E-state index contributed by atoms with van der Waals surface area (Å²) >= 11 is 0. The first kappa shape index (κ1) is 14.4. The molecule has 2 aromatic carbocycles. The lowest BCUT2D eigenvalue weighted by Gasteiger charge is -2.39. The zero-order chi connectivity index (χ0) is 15.5. The standard InChI is InChI=1S/C21H24N2/c1-4-10-18(11-5-1)21-22(19-12-6-2-7-13-19)16-17-23(21)20-14-8-3-9-15-20/h1-2,4-7,10-13,16-17,20-21H,3,8-9,14-15H2. The van der Waals surface area contributed by atoms with Crippen LogP contribution in [0.5, 0.6) is 0 Å². The zero-order valence-corrected chi connectivity index (χ0v) is 13.5. The fourth-order valence-corrected chi connectivity index (χ4v) is 3.94. The van der Waals surface area contributed by atoms with Gasteiger partial charge >= 0.3 is 0 Å². The summed E-state index contributed by atoms with van der Waals surface area (Å²) in [6.45, 7) is 0. The van der Waals surface area contributed by atoms with E-state index in [1.807, 2.05) is 0 Å². The molecule has 23 heavy (non-hydrogen) atoms. The molecule has 1 aliphatic heterocycles. The second-order valence-electron chi connectivity index (χ2n) is 6.56. The summed E-state index contributed by atoms with van der Waals surface area (Å²) in [5, 5.41) is 0. The highest BCUT2D eigenvalue weighted by molar-refractivity contribution is 5.53. The summed E-state index contributed by atoms with van der Waals surface area (Å²) < 4.78 is 0. The number of hydrogen-bond donors (Lipinski definition) is 0. The molecule has 1 unspecified atom stereocenters. The van der Waals surface area contributed by atoms with Crippen LogP contribution in [0, 0.1) is 0 Å². The molecule has 2 nitrogen and oxygen atoms in total. The van der Waals surface area contributed by atoms with E-state index in [9.17, 15) is 0 Å². The Morgan fingerprint density at radius 2 is 1.35 bits per heavy atom. The molecule has 1 saturated carbocycles. The summed E-state index contributed by atoms with van der Waals surface area (Å²) in [5.74, 6) is 0. The lowest BCUT2D eigenvalue weighted by atomic mass is 9.93. The van der Waals surface area contributed by atoms with E-state index in [2.05, 4.69) is 82.9 Å². The van der Waals surface area contributed by atoms with Crippen LogP contribution in [0.4, 0.5) is 5.69 Å². The molecular weight excluding hydrogens is 280 g/mol. The third kappa shape index (κ3) is 2.86. The van der Waals surface area contributed by atoms with Gasteiger partial charge in [-0.05, 0) is 30.5 Å². The monoisotopic (exact) mass is 304 g/mol. The summed E-state index contributed by atoms with van der Waals surface area (Å²) in [6, 6.07) is 22.3. The van der Waals surface area contributed by atoms with E-state index in [1.165, 1.54) is 43.4 Å². The minimum atomic E-state index is 0.279. The Bertz CT molecular complexity index is 644. The fraction of sp³-hybridized carbons (Fsp3) is 0.333. The summed E-state index contributed by atoms with van der Waals surface area (Å²) in [7, 11) is 0. The first-order chi connectivity index (χ1) is 11.4. The molecule has 0 amide bonds. The van der Waals surface area contributed by atoms with Gasteiger partial charge in [-0.25, -0.2) is 0 Å². The van der Waals surface area contributed by atoms with Crippen LogP contribution in [-0.2, 0) is 0 Å². The maximum Gasteiger partial charge on any atom is 0.132 e. The van der Waals surface area contributed by atoms with Gasteiger partial charge in [-0.1, -0.05) is 67.8 Å². The topological polar surface area (TPSA) is 6.48 Å². The van der Waals surface area contributed by atoms with Crippen molar-refractivity contribution in [3.63, 3.8) is 0 Å². The average molecular weight is 304 g/mol. The smallest absolute Gasteiger partial charge is 0.132 e. The highest BCUT2D eigenvalue weighted by atomic mass is 15.4. The van der Waals surface area contributed by atoms with Gasteiger partial charge in [-0.2, -0.15) is 0 Å². The molecular formula is C21H24N2. The van der Waals surface area contributed by atoms with Gasteiger partial charge in [-0.15, -0.1) is 0 Å². The van der Waals surface area contributed by atoms with Gasteiger partial charge in [0.15, 0.2) is 0 Å². The highest BCUT2D eigenvalue weighted by Gasteiger charge is 2.33. The van der Waals surface area contributed by atoms with Gasteiger partial charge < -0.3 is 9.80 Å². The molecule has 4 rings (SSSR count). The largest absolute Gasteiger partial charge is 0.349 e. The molecule has 0 spiro atoms. The molecule has 1 heterocycles. The Hall–Kier alpha value is -2.22. The number of benzene rings is 2. The van der Waals surface area contributed by atoms with Gasteiger partial charge in [0.2, 0.25) is 0 Å². The Morgan fingerprint density at radius 1 is 0.696 bits per heavy atom. The van der Waals surface area contributed by atoms with Crippen molar-refractivity contribution in [1.82, 2.24) is 4.90 Å². The van der Waals surface area contributed by atoms with Crippen LogP contribution in [0.25, 0.3) is 0 Å². The lowest BCUT2D eigenvalue weighted by Crippen LogP contribution is -2.38. The van der Waals surface area contributed by atoms with Crippen molar-refractivity contribution >= 4 is 5.69 Å². The fourth-order valence-electron chi connectivity index (χ4n) is 3.94. The van der Waals surface area contributed by atoms with Crippen molar-refractivity contribution in [2.75, 3.05) is 4.90 Å². The number of para-hydroxylation sites is 1. The SMILES string of the molecule is C1=CN(C2CCCCC2)C(c2ccccc2)N1c1ccccc1. The first-order valence-corrected chi connectivity index (χ1v) is 8.77. The van der Waals surface area contributed by atoms with Gasteiger partial charge in [0.1, 0.15) is 6.17 Å². The molecule has 0 aromatic heterocycles. The average Bonchev–Trinajstić information content (AvgIpc) is 3.09. The molecule has 0 bridgehead atoms. The van der Waals surface area contributed by atoms with Crippen molar-refractivity contribution in [2.45, 2.75) is 44.3 Å². The summed E-state index contributed by atoms with van der Waals surface area (Å²) in [5.41, 5.74) is 2.63. The minimum absolute atomic E-state index is 0.279. The van der Waals surface area contributed by atoms with E-state index >= 15 is 0 Å². The van der Waals surface area contributed by atoms with Crippen molar-refractivity contribution < 1.29 is 0 Å². The van der Waals surface area contributed by atoms with E-state index in [0.717, 1.165) is 0 Å². The molecule has 2 aliphatic rings. The molecule has 1 aliphatic carbocycles. The van der Waals surface area contributed by atoms with Crippen molar-refractivity contribution in [3.05, 3.63) is 78.6 Å². The normalized spacial score (nSPS) is 21.8. The Morgan fingerprint density at radius 3 is 2.04 bits per heavy atom. The van der Waals surface area contributed by atoms with Gasteiger partial charge in [0.25, 0.3) is 0 Å². The number of nitrogens with zero attached hydrogens (tertiary/aromatic N) is 2.